The Morgan fingerprint density at radius 2 is 2.20 bits per heavy atom. The third-order valence-electron chi connectivity index (χ3n) is 4.25. The van der Waals surface area contributed by atoms with Gasteiger partial charge in [0, 0.05) is 31.2 Å². The van der Waals surface area contributed by atoms with Crippen LogP contribution in [0.2, 0.25) is 0 Å². The minimum absolute atomic E-state index is 0.574. The Morgan fingerprint density at radius 1 is 1.35 bits per heavy atom. The normalized spacial score (nSPS) is 19.9. The van der Waals surface area contributed by atoms with Gasteiger partial charge in [0.05, 0.1) is 18.8 Å². The first kappa shape index (κ1) is 13.4. The highest BCUT2D eigenvalue weighted by Gasteiger charge is 2.26. The Morgan fingerprint density at radius 3 is 2.85 bits per heavy atom. The second-order valence-electron chi connectivity index (χ2n) is 5.83. The summed E-state index contributed by atoms with van der Waals surface area (Å²) < 4.78 is 4.26. The fourth-order valence-corrected chi connectivity index (χ4v) is 3.10. The summed E-state index contributed by atoms with van der Waals surface area (Å²) in [6, 6.07) is 2.72. The van der Waals surface area contributed by atoms with E-state index in [0.29, 0.717) is 6.04 Å². The van der Waals surface area contributed by atoms with Crippen molar-refractivity contribution in [1.29, 1.82) is 0 Å². The lowest BCUT2D eigenvalue weighted by atomic mass is 10.2. The van der Waals surface area contributed by atoms with Gasteiger partial charge in [0.2, 0.25) is 0 Å². The summed E-state index contributed by atoms with van der Waals surface area (Å²) in [4.78, 5) is 6.98. The summed E-state index contributed by atoms with van der Waals surface area (Å²) in [6.07, 6.45) is 6.42. The highest BCUT2D eigenvalue weighted by atomic mass is 15.3. The van der Waals surface area contributed by atoms with Crippen LogP contribution < -0.4 is 0 Å². The molecule has 0 saturated carbocycles. The number of aromatic nitrogens is 4. The maximum atomic E-state index is 4.59. The molecule has 1 fully saturated rings. The Hall–Kier alpha value is -1.62. The van der Waals surface area contributed by atoms with Crippen LogP contribution in [0.15, 0.2) is 18.5 Å². The van der Waals surface area contributed by atoms with Crippen molar-refractivity contribution in [3.05, 3.63) is 35.7 Å². The van der Waals surface area contributed by atoms with Gasteiger partial charge in [-0.25, -0.2) is 4.98 Å². The van der Waals surface area contributed by atoms with E-state index < -0.39 is 0 Å². The van der Waals surface area contributed by atoms with Gasteiger partial charge in [-0.1, -0.05) is 0 Å². The molecule has 1 aliphatic heterocycles. The summed E-state index contributed by atoms with van der Waals surface area (Å²) in [5.41, 5.74) is 2.36. The van der Waals surface area contributed by atoms with Gasteiger partial charge in [0.15, 0.2) is 0 Å². The highest BCUT2D eigenvalue weighted by Crippen LogP contribution is 2.21. The summed E-state index contributed by atoms with van der Waals surface area (Å²) in [6.45, 7) is 7.29. The molecule has 1 saturated heterocycles. The molecule has 0 bridgehead atoms. The van der Waals surface area contributed by atoms with Crippen LogP contribution in [0.3, 0.4) is 0 Å². The summed E-state index contributed by atoms with van der Waals surface area (Å²) in [7, 11) is 2.06. The Labute approximate surface area is 120 Å². The second-order valence-corrected chi connectivity index (χ2v) is 5.83. The fraction of sp³-hybridized carbons (Fsp3) is 0.600. The molecule has 0 aliphatic carbocycles. The molecular formula is C15H23N5. The van der Waals surface area contributed by atoms with E-state index in [9.17, 15) is 0 Å². The van der Waals surface area contributed by atoms with Crippen molar-refractivity contribution in [2.24, 2.45) is 7.05 Å². The first-order valence-electron chi connectivity index (χ1n) is 7.35. The number of nitrogens with zero attached hydrogens (tertiary/aromatic N) is 5. The molecule has 2 aromatic heterocycles. The maximum Gasteiger partial charge on any atom is 0.122 e. The smallest absolute Gasteiger partial charge is 0.122 e. The van der Waals surface area contributed by atoms with Crippen LogP contribution in [-0.2, 0) is 20.1 Å². The van der Waals surface area contributed by atoms with Gasteiger partial charge in [-0.05, 0) is 39.3 Å². The molecule has 108 valence electrons. The number of aryl methyl sites for hydroxylation is 3. The number of hydrogen-bond donors (Lipinski definition) is 0. The lowest BCUT2D eigenvalue weighted by Crippen LogP contribution is -2.33. The lowest BCUT2D eigenvalue weighted by molar-refractivity contribution is 0.211. The van der Waals surface area contributed by atoms with Crippen LogP contribution >= 0.6 is 0 Å². The van der Waals surface area contributed by atoms with Crippen molar-refractivity contribution in [2.75, 3.05) is 6.54 Å². The van der Waals surface area contributed by atoms with Crippen LogP contribution in [0.4, 0.5) is 0 Å². The Kier molecular flexibility index (Phi) is 3.61. The van der Waals surface area contributed by atoms with Crippen molar-refractivity contribution in [2.45, 2.75) is 45.8 Å². The van der Waals surface area contributed by atoms with Gasteiger partial charge in [-0.15, -0.1) is 0 Å². The van der Waals surface area contributed by atoms with E-state index in [0.717, 1.165) is 31.2 Å². The molecule has 0 radical (unpaired) electrons. The van der Waals surface area contributed by atoms with Gasteiger partial charge in [0.25, 0.3) is 0 Å². The second kappa shape index (κ2) is 5.40. The molecule has 2 aromatic rings. The van der Waals surface area contributed by atoms with Crippen LogP contribution in [0, 0.1) is 13.8 Å². The van der Waals surface area contributed by atoms with Gasteiger partial charge in [-0.3, -0.25) is 9.58 Å². The molecule has 20 heavy (non-hydrogen) atoms. The Balaban J connectivity index is 1.69. The zero-order valence-corrected chi connectivity index (χ0v) is 12.6. The zero-order chi connectivity index (χ0) is 14.1. The maximum absolute atomic E-state index is 4.59. The molecule has 3 rings (SSSR count). The molecular weight excluding hydrogens is 250 g/mol. The van der Waals surface area contributed by atoms with Crippen LogP contribution in [-0.4, -0.2) is 36.8 Å². The van der Waals surface area contributed by atoms with E-state index in [-0.39, 0.29) is 0 Å². The predicted octanol–water partition coefficient (Wildman–Crippen LogP) is 1.90. The van der Waals surface area contributed by atoms with Crippen LogP contribution in [0.5, 0.6) is 0 Å². The van der Waals surface area contributed by atoms with Crippen LogP contribution in [0.1, 0.15) is 30.1 Å². The number of hydrogen-bond acceptors (Lipinski definition) is 3. The van der Waals surface area contributed by atoms with Crippen molar-refractivity contribution in [3.63, 3.8) is 0 Å². The number of likely N-dealkylation sites (tertiary alicyclic amines) is 1. The molecule has 5 heteroatoms. The average Bonchev–Trinajstić information content (AvgIpc) is 3.06. The fourth-order valence-electron chi connectivity index (χ4n) is 3.10. The van der Waals surface area contributed by atoms with Gasteiger partial charge in [-0.2, -0.15) is 5.10 Å². The van der Waals surface area contributed by atoms with Gasteiger partial charge in [0.1, 0.15) is 5.82 Å². The topological polar surface area (TPSA) is 38.9 Å². The monoisotopic (exact) mass is 273 g/mol. The highest BCUT2D eigenvalue weighted by molar-refractivity contribution is 5.07. The van der Waals surface area contributed by atoms with Crippen molar-refractivity contribution in [3.8, 4) is 0 Å². The minimum Gasteiger partial charge on any atom is -0.337 e. The van der Waals surface area contributed by atoms with Crippen molar-refractivity contribution < 1.29 is 0 Å². The molecule has 0 amide bonds. The summed E-state index contributed by atoms with van der Waals surface area (Å²) in [5, 5.41) is 4.59. The van der Waals surface area contributed by atoms with E-state index in [2.05, 4.69) is 51.2 Å². The quantitative estimate of drug-likeness (QED) is 0.854. The predicted molar refractivity (Wildman–Crippen MR) is 78.3 cm³/mol. The van der Waals surface area contributed by atoms with E-state index in [4.69, 9.17) is 0 Å². The SMILES string of the molecule is Cc1cc(C)n(C[C@@H]2CCCN2Cc2nccn2C)n1. The third-order valence-corrected chi connectivity index (χ3v) is 4.25. The van der Waals surface area contributed by atoms with E-state index in [1.54, 1.807) is 0 Å². The van der Waals surface area contributed by atoms with E-state index >= 15 is 0 Å². The molecule has 5 nitrogen and oxygen atoms in total. The number of imidazole rings is 1. The molecule has 1 aliphatic rings. The largest absolute Gasteiger partial charge is 0.337 e. The minimum atomic E-state index is 0.574. The lowest BCUT2D eigenvalue weighted by Gasteiger charge is -2.24. The molecule has 0 N–H and O–H groups in total. The van der Waals surface area contributed by atoms with E-state index in [1.165, 1.54) is 18.5 Å². The molecule has 0 spiro atoms. The summed E-state index contributed by atoms with van der Waals surface area (Å²) in [5.74, 6) is 1.14. The Bertz CT molecular complexity index is 583. The molecule has 3 heterocycles. The molecule has 1 atom stereocenters. The molecule has 0 unspecified atom stereocenters. The van der Waals surface area contributed by atoms with E-state index in [1.807, 2.05) is 12.4 Å². The van der Waals surface area contributed by atoms with Crippen molar-refractivity contribution >= 4 is 0 Å². The van der Waals surface area contributed by atoms with Gasteiger partial charge < -0.3 is 4.57 Å². The summed E-state index contributed by atoms with van der Waals surface area (Å²) >= 11 is 0. The number of rotatable bonds is 4. The standard InChI is InChI=1S/C15H23N5/c1-12-9-13(2)20(17-12)10-14-5-4-7-19(14)11-15-16-6-8-18(15)3/h6,8-9,14H,4-5,7,10-11H2,1-3H3/t14-/m0/s1. The first-order chi connectivity index (χ1) is 9.63. The van der Waals surface area contributed by atoms with Crippen molar-refractivity contribution in [1.82, 2.24) is 24.2 Å². The van der Waals surface area contributed by atoms with Crippen LogP contribution in [0.25, 0.3) is 0 Å². The molecule has 0 aromatic carbocycles. The average molecular weight is 273 g/mol. The van der Waals surface area contributed by atoms with Gasteiger partial charge >= 0.3 is 0 Å². The first-order valence-corrected chi connectivity index (χ1v) is 7.35. The zero-order valence-electron chi connectivity index (χ0n) is 12.6. The third kappa shape index (κ3) is 2.63.